The molecule has 4 aromatic rings. The molecule has 41 heavy (non-hydrogen) atoms. The van der Waals surface area contributed by atoms with Crippen LogP contribution < -0.4 is 14.2 Å². The number of fused-ring (bicyclic) bond motifs is 2. The molecular formula is C32H35N3O6. The Labute approximate surface area is 239 Å². The van der Waals surface area contributed by atoms with Gasteiger partial charge in [0.15, 0.2) is 11.5 Å². The number of hydrogen-bond acceptors (Lipinski definition) is 6. The predicted molar refractivity (Wildman–Crippen MR) is 155 cm³/mol. The molecule has 0 bridgehead atoms. The zero-order chi connectivity index (χ0) is 28.6. The highest BCUT2D eigenvalue weighted by molar-refractivity contribution is 5.97. The van der Waals surface area contributed by atoms with Gasteiger partial charge in [-0.05, 0) is 48.7 Å². The first-order valence-corrected chi connectivity index (χ1v) is 13.7. The minimum atomic E-state index is -0.248. The number of hydrogen-bond donors (Lipinski definition) is 1. The third-order valence-electron chi connectivity index (χ3n) is 7.24. The maximum Gasteiger partial charge on any atom is 0.254 e. The molecule has 1 aromatic heterocycles. The molecule has 0 spiro atoms. The number of carbonyl (C=O) groups excluding carboxylic acids is 2. The maximum atomic E-state index is 13.9. The molecule has 2 amide bonds. The second-order valence-corrected chi connectivity index (χ2v) is 9.88. The lowest BCUT2D eigenvalue weighted by Gasteiger charge is -2.28. The van der Waals surface area contributed by atoms with E-state index in [1.165, 1.54) is 0 Å². The summed E-state index contributed by atoms with van der Waals surface area (Å²) < 4.78 is 21.7. The van der Waals surface area contributed by atoms with Gasteiger partial charge >= 0.3 is 0 Å². The van der Waals surface area contributed by atoms with Crippen LogP contribution in [0.25, 0.3) is 10.9 Å². The first kappa shape index (κ1) is 28.0. The van der Waals surface area contributed by atoms with Crippen molar-refractivity contribution in [1.82, 2.24) is 14.8 Å². The van der Waals surface area contributed by atoms with Crippen LogP contribution in [0.5, 0.6) is 17.2 Å². The van der Waals surface area contributed by atoms with E-state index in [0.29, 0.717) is 61.9 Å². The Hall–Kier alpha value is -4.50. The summed E-state index contributed by atoms with van der Waals surface area (Å²) in [5.41, 5.74) is 3.53. The van der Waals surface area contributed by atoms with Gasteiger partial charge in [0.05, 0.1) is 7.11 Å². The van der Waals surface area contributed by atoms with Crippen LogP contribution >= 0.6 is 0 Å². The summed E-state index contributed by atoms with van der Waals surface area (Å²) in [6.07, 6.45) is 3.25. The zero-order valence-corrected chi connectivity index (χ0v) is 23.4. The number of nitrogens with one attached hydrogen (secondary N) is 1. The van der Waals surface area contributed by atoms with Gasteiger partial charge in [-0.25, -0.2) is 0 Å². The third kappa shape index (κ3) is 6.63. The molecule has 3 aromatic carbocycles. The molecule has 1 N–H and O–H groups in total. The van der Waals surface area contributed by atoms with E-state index in [2.05, 4.69) is 11.1 Å². The van der Waals surface area contributed by atoms with E-state index in [-0.39, 0.29) is 25.2 Å². The number of ether oxygens (including phenoxy) is 4. The van der Waals surface area contributed by atoms with Crippen molar-refractivity contribution in [3.63, 3.8) is 0 Å². The Balaban J connectivity index is 1.37. The van der Waals surface area contributed by atoms with Gasteiger partial charge in [-0.1, -0.05) is 36.4 Å². The average molecular weight is 558 g/mol. The minimum Gasteiger partial charge on any atom is -0.496 e. The molecule has 1 aliphatic heterocycles. The summed E-state index contributed by atoms with van der Waals surface area (Å²) in [6.45, 7) is 1.73. The van der Waals surface area contributed by atoms with Crippen molar-refractivity contribution < 1.29 is 28.5 Å². The van der Waals surface area contributed by atoms with Crippen LogP contribution in [-0.4, -0.2) is 73.9 Å². The highest BCUT2D eigenvalue weighted by Crippen LogP contribution is 2.33. The van der Waals surface area contributed by atoms with Crippen molar-refractivity contribution in [2.24, 2.45) is 0 Å². The molecule has 0 radical (unpaired) electrons. The summed E-state index contributed by atoms with van der Waals surface area (Å²) >= 11 is 0. The predicted octanol–water partition coefficient (Wildman–Crippen LogP) is 4.66. The first-order valence-electron chi connectivity index (χ1n) is 13.7. The van der Waals surface area contributed by atoms with Crippen molar-refractivity contribution in [1.29, 1.82) is 0 Å². The average Bonchev–Trinajstić information content (AvgIpc) is 3.65. The Morgan fingerprint density at radius 3 is 2.56 bits per heavy atom. The number of aromatic amines is 1. The molecule has 0 saturated carbocycles. The van der Waals surface area contributed by atoms with Crippen molar-refractivity contribution in [3.05, 3.63) is 89.6 Å². The zero-order valence-electron chi connectivity index (χ0n) is 23.4. The van der Waals surface area contributed by atoms with Gasteiger partial charge in [0.25, 0.3) is 5.91 Å². The summed E-state index contributed by atoms with van der Waals surface area (Å²) in [4.78, 5) is 34.3. The van der Waals surface area contributed by atoms with E-state index < -0.39 is 0 Å². The molecule has 9 nitrogen and oxygen atoms in total. The molecule has 0 fully saturated rings. The fourth-order valence-corrected chi connectivity index (χ4v) is 5.05. The monoisotopic (exact) mass is 557 g/mol. The normalized spacial score (nSPS) is 12.0. The summed E-state index contributed by atoms with van der Waals surface area (Å²) in [5.74, 6) is 1.44. The van der Waals surface area contributed by atoms with Crippen LogP contribution in [0.4, 0.5) is 0 Å². The first-order chi connectivity index (χ1) is 20.1. The number of benzene rings is 3. The van der Waals surface area contributed by atoms with Crippen LogP contribution in [0.3, 0.4) is 0 Å². The lowest BCUT2D eigenvalue weighted by Crippen LogP contribution is -2.44. The lowest BCUT2D eigenvalue weighted by molar-refractivity contribution is -0.132. The van der Waals surface area contributed by atoms with Crippen LogP contribution in [-0.2, 0) is 22.5 Å². The van der Waals surface area contributed by atoms with Crippen molar-refractivity contribution in [2.75, 3.05) is 47.3 Å². The summed E-state index contributed by atoms with van der Waals surface area (Å²) in [7, 11) is 3.24. The Bertz CT molecular complexity index is 1500. The quantitative estimate of drug-likeness (QED) is 0.241. The minimum absolute atomic E-state index is 0.0694. The molecular weight excluding hydrogens is 522 g/mol. The van der Waals surface area contributed by atoms with Gasteiger partial charge < -0.3 is 33.7 Å². The van der Waals surface area contributed by atoms with E-state index in [4.69, 9.17) is 18.9 Å². The van der Waals surface area contributed by atoms with E-state index in [1.807, 2.05) is 48.7 Å². The van der Waals surface area contributed by atoms with Crippen LogP contribution in [0, 0.1) is 0 Å². The molecule has 1 aliphatic rings. The van der Waals surface area contributed by atoms with E-state index in [9.17, 15) is 9.59 Å². The Kier molecular flexibility index (Phi) is 9.05. The van der Waals surface area contributed by atoms with Crippen molar-refractivity contribution >= 4 is 22.7 Å². The number of carbonyl (C=O) groups is 2. The van der Waals surface area contributed by atoms with Gasteiger partial charge in [0.2, 0.25) is 12.7 Å². The van der Waals surface area contributed by atoms with Gasteiger partial charge in [0, 0.05) is 61.6 Å². The van der Waals surface area contributed by atoms with Gasteiger partial charge in [-0.15, -0.1) is 0 Å². The van der Waals surface area contributed by atoms with E-state index in [1.54, 1.807) is 42.2 Å². The van der Waals surface area contributed by atoms with Gasteiger partial charge in [-0.2, -0.15) is 0 Å². The van der Waals surface area contributed by atoms with Gasteiger partial charge in [-0.3, -0.25) is 9.59 Å². The summed E-state index contributed by atoms with van der Waals surface area (Å²) in [5, 5.41) is 1.14. The number of nitrogens with zero attached hydrogens (tertiary/aromatic N) is 2. The number of rotatable bonds is 13. The number of methoxy groups -OCH3 is 2. The highest BCUT2D eigenvalue weighted by atomic mass is 16.7. The fourth-order valence-electron chi connectivity index (χ4n) is 5.05. The molecule has 9 heteroatoms. The topological polar surface area (TPSA) is 93.3 Å². The second-order valence-electron chi connectivity index (χ2n) is 9.88. The molecule has 214 valence electrons. The molecule has 5 rings (SSSR count). The standard InChI is InChI=1S/C32H35N3O6/c1-38-17-7-15-35(32(37)23-12-13-29-30(18-23)41-22-40-29)21-31(36)34(20-25-8-3-6-11-28(25)39-2)16-14-24-19-33-27-10-5-4-9-26(24)27/h3-6,8-13,18-19,33H,7,14-17,20-22H2,1-2H3. The van der Waals surface area contributed by atoms with E-state index >= 15 is 0 Å². The number of H-pyrrole nitrogens is 1. The van der Waals surface area contributed by atoms with Gasteiger partial charge in [0.1, 0.15) is 12.3 Å². The van der Waals surface area contributed by atoms with Crippen molar-refractivity contribution in [2.45, 2.75) is 19.4 Å². The lowest BCUT2D eigenvalue weighted by atomic mass is 10.1. The highest BCUT2D eigenvalue weighted by Gasteiger charge is 2.25. The summed E-state index contributed by atoms with van der Waals surface area (Å²) in [6, 6.07) is 20.9. The maximum absolute atomic E-state index is 13.9. The second kappa shape index (κ2) is 13.2. The molecule has 0 aliphatic carbocycles. The smallest absolute Gasteiger partial charge is 0.254 e. The van der Waals surface area contributed by atoms with Crippen LogP contribution in [0.15, 0.2) is 72.9 Å². The van der Waals surface area contributed by atoms with E-state index in [0.717, 1.165) is 22.0 Å². The molecule has 0 atom stereocenters. The third-order valence-corrected chi connectivity index (χ3v) is 7.24. The number of para-hydroxylation sites is 2. The number of aromatic nitrogens is 1. The number of amides is 2. The Morgan fingerprint density at radius 1 is 0.902 bits per heavy atom. The van der Waals surface area contributed by atoms with Crippen molar-refractivity contribution in [3.8, 4) is 17.2 Å². The van der Waals surface area contributed by atoms with Crippen LogP contribution in [0.2, 0.25) is 0 Å². The molecule has 0 saturated heterocycles. The largest absolute Gasteiger partial charge is 0.496 e. The molecule has 2 heterocycles. The molecule has 0 unspecified atom stereocenters. The fraction of sp³-hybridized carbons (Fsp3) is 0.312. The SMILES string of the molecule is COCCCN(CC(=O)N(CCc1c[nH]c2ccccc12)Cc1ccccc1OC)C(=O)c1ccc2c(c1)OCO2. The Morgan fingerprint density at radius 2 is 1.71 bits per heavy atom. The van der Waals surface area contributed by atoms with Crippen LogP contribution in [0.1, 0.15) is 27.9 Å².